The van der Waals surface area contributed by atoms with Crippen molar-refractivity contribution in [1.82, 2.24) is 9.97 Å². The summed E-state index contributed by atoms with van der Waals surface area (Å²) in [5.74, 6) is 0.702. The van der Waals surface area contributed by atoms with E-state index < -0.39 is 0 Å². The van der Waals surface area contributed by atoms with Gasteiger partial charge in [0.05, 0.1) is 11.4 Å². The number of rotatable bonds is 6. The summed E-state index contributed by atoms with van der Waals surface area (Å²) in [6.07, 6.45) is 0. The molecular weight excluding hydrogens is 765 g/mol. The highest BCUT2D eigenvalue weighted by molar-refractivity contribution is 7.26. The Kier molecular flexibility index (Phi) is 8.25. The quantitative estimate of drug-likeness (QED) is 0.167. The minimum atomic E-state index is 0.702. The van der Waals surface area contributed by atoms with Crippen molar-refractivity contribution in [2.24, 2.45) is 0 Å². The molecule has 280 valence electrons. The number of thiophene rings is 2. The fourth-order valence-electron chi connectivity index (χ4n) is 8.92. The fraction of sp³-hybridized carbons (Fsp3) is 0. The molecule has 3 aromatic heterocycles. The number of hydrogen-bond acceptors (Lipinski definition) is 4. The van der Waals surface area contributed by atoms with Gasteiger partial charge in [-0.25, -0.2) is 9.97 Å². The maximum Gasteiger partial charge on any atom is 0.161 e. The van der Waals surface area contributed by atoms with Crippen LogP contribution in [0.15, 0.2) is 206 Å². The molecule has 0 saturated heterocycles. The van der Waals surface area contributed by atoms with Crippen molar-refractivity contribution >= 4 is 73.8 Å². The predicted molar refractivity (Wildman–Crippen MR) is 258 cm³/mol. The van der Waals surface area contributed by atoms with Crippen LogP contribution in [-0.2, 0) is 0 Å². The number of benzene rings is 9. The molecule has 0 fully saturated rings. The van der Waals surface area contributed by atoms with E-state index in [0.717, 1.165) is 44.8 Å². The number of fused-ring (bicyclic) bond motifs is 7. The summed E-state index contributed by atoms with van der Waals surface area (Å²) in [6.45, 7) is 0. The predicted octanol–water partition coefficient (Wildman–Crippen LogP) is 16.4. The highest BCUT2D eigenvalue weighted by Gasteiger charge is 2.20. The van der Waals surface area contributed by atoms with Gasteiger partial charge in [-0.1, -0.05) is 176 Å². The average Bonchev–Trinajstić information content (AvgIpc) is 3.90. The molecule has 2 nitrogen and oxygen atoms in total. The second kappa shape index (κ2) is 14.2. The monoisotopic (exact) mass is 798 g/mol. The van der Waals surface area contributed by atoms with Crippen LogP contribution in [0, 0.1) is 0 Å². The second-order valence-corrected chi connectivity index (χ2v) is 17.3. The normalized spacial score (nSPS) is 11.7. The molecule has 0 aliphatic carbocycles. The van der Waals surface area contributed by atoms with Crippen LogP contribution >= 0.6 is 22.7 Å². The van der Waals surface area contributed by atoms with E-state index in [1.54, 1.807) is 0 Å². The molecule has 0 amide bonds. The summed E-state index contributed by atoms with van der Waals surface area (Å²) in [5, 5.41) is 7.50. The molecule has 0 bridgehead atoms. The van der Waals surface area contributed by atoms with Crippen molar-refractivity contribution in [2.75, 3.05) is 0 Å². The number of hydrogen-bond donors (Lipinski definition) is 0. The highest BCUT2D eigenvalue weighted by Crippen LogP contribution is 2.45. The van der Waals surface area contributed by atoms with E-state index >= 15 is 0 Å². The van der Waals surface area contributed by atoms with E-state index in [1.807, 2.05) is 22.7 Å². The molecule has 0 spiro atoms. The van der Waals surface area contributed by atoms with Gasteiger partial charge in [-0.3, -0.25) is 0 Å². The number of nitrogens with zero attached hydrogens (tertiary/aromatic N) is 2. The zero-order chi connectivity index (χ0) is 39.6. The smallest absolute Gasteiger partial charge is 0.161 e. The third-order valence-corrected chi connectivity index (χ3v) is 14.2. The van der Waals surface area contributed by atoms with E-state index in [2.05, 4.69) is 206 Å². The van der Waals surface area contributed by atoms with Gasteiger partial charge in [0.25, 0.3) is 0 Å². The second-order valence-electron chi connectivity index (χ2n) is 15.2. The first kappa shape index (κ1) is 34.8. The van der Waals surface area contributed by atoms with Gasteiger partial charge in [-0.05, 0) is 74.5 Å². The highest BCUT2D eigenvalue weighted by atomic mass is 32.1. The van der Waals surface area contributed by atoms with Gasteiger partial charge in [-0.2, -0.15) is 0 Å². The molecule has 12 aromatic rings. The first-order valence-electron chi connectivity index (χ1n) is 20.2. The van der Waals surface area contributed by atoms with Gasteiger partial charge in [0.2, 0.25) is 0 Å². The van der Waals surface area contributed by atoms with E-state index in [9.17, 15) is 0 Å². The molecule has 0 aliphatic heterocycles. The lowest BCUT2D eigenvalue weighted by atomic mass is 9.89. The summed E-state index contributed by atoms with van der Waals surface area (Å²) < 4.78 is 5.02. The lowest BCUT2D eigenvalue weighted by Crippen LogP contribution is -1.98. The van der Waals surface area contributed by atoms with Crippen LogP contribution < -0.4 is 0 Å². The van der Waals surface area contributed by atoms with Gasteiger partial charge in [0, 0.05) is 57.0 Å². The number of aromatic nitrogens is 2. The first-order chi connectivity index (χ1) is 29.7. The summed E-state index contributed by atoms with van der Waals surface area (Å²) in [7, 11) is 0. The van der Waals surface area contributed by atoms with Crippen LogP contribution in [0.4, 0.5) is 0 Å². The van der Waals surface area contributed by atoms with Gasteiger partial charge >= 0.3 is 0 Å². The molecule has 0 radical (unpaired) electrons. The topological polar surface area (TPSA) is 25.8 Å². The Morgan fingerprint density at radius 2 is 0.700 bits per heavy atom. The third kappa shape index (κ3) is 5.76. The molecule has 3 heterocycles. The van der Waals surface area contributed by atoms with Crippen LogP contribution in [0.25, 0.3) is 118 Å². The van der Waals surface area contributed by atoms with Crippen molar-refractivity contribution in [1.29, 1.82) is 0 Å². The van der Waals surface area contributed by atoms with Crippen molar-refractivity contribution in [2.45, 2.75) is 0 Å². The van der Waals surface area contributed by atoms with Crippen LogP contribution in [0.2, 0.25) is 0 Å². The molecule has 4 heteroatoms. The van der Waals surface area contributed by atoms with Crippen LogP contribution in [0.1, 0.15) is 0 Å². The van der Waals surface area contributed by atoms with Gasteiger partial charge in [0.15, 0.2) is 5.82 Å². The van der Waals surface area contributed by atoms with Crippen molar-refractivity contribution in [3.63, 3.8) is 0 Å². The molecule has 60 heavy (non-hydrogen) atoms. The van der Waals surface area contributed by atoms with Crippen molar-refractivity contribution < 1.29 is 0 Å². The molecule has 12 rings (SSSR count). The van der Waals surface area contributed by atoms with Gasteiger partial charge < -0.3 is 0 Å². The molecular formula is C56H34N2S2. The lowest BCUT2D eigenvalue weighted by molar-refractivity contribution is 1.19. The maximum absolute atomic E-state index is 5.53. The molecule has 9 aromatic carbocycles. The zero-order valence-corrected chi connectivity index (χ0v) is 34.0. The summed E-state index contributed by atoms with van der Waals surface area (Å²) >= 11 is 3.67. The fourth-order valence-corrected chi connectivity index (χ4v) is 11.4. The van der Waals surface area contributed by atoms with E-state index in [4.69, 9.17) is 9.97 Å². The van der Waals surface area contributed by atoms with Crippen LogP contribution in [-0.4, -0.2) is 9.97 Å². The maximum atomic E-state index is 5.53. The Bertz CT molecular complexity index is 3470. The van der Waals surface area contributed by atoms with Gasteiger partial charge in [0.1, 0.15) is 0 Å². The lowest BCUT2D eigenvalue weighted by Gasteiger charge is -2.16. The minimum Gasteiger partial charge on any atom is -0.228 e. The standard InChI is InChI=1S/C56H34N2S2/c1-3-15-35(16-4-1)38-31-32-39(41-20-8-7-19-40(38)41)37-29-30-46(49(33-37)36-17-5-2-6-18-36)56-57-50(47-25-13-23-44-42-21-9-11-27-52(42)59-54(44)47)34-51(58-56)48-26-14-24-45-43-22-10-12-28-53(43)60-55(45)48/h1-34H. The SMILES string of the molecule is c1ccc(-c2cc(-c3ccc(-c4ccccc4)c4ccccc34)ccc2-c2nc(-c3cccc4c3sc3ccccc34)cc(-c3cccc4c3sc3ccccc34)n2)cc1. The van der Waals surface area contributed by atoms with Crippen LogP contribution in [0.3, 0.4) is 0 Å². The Labute approximate surface area is 355 Å². The largest absolute Gasteiger partial charge is 0.228 e. The summed E-state index contributed by atoms with van der Waals surface area (Å²) in [5.41, 5.74) is 12.0. The average molecular weight is 799 g/mol. The Morgan fingerprint density at radius 3 is 1.25 bits per heavy atom. The van der Waals surface area contributed by atoms with E-state index in [-0.39, 0.29) is 0 Å². The molecule has 0 N–H and O–H groups in total. The van der Waals surface area contributed by atoms with Gasteiger partial charge in [-0.15, -0.1) is 22.7 Å². The Balaban J connectivity index is 1.11. The molecule has 0 unspecified atom stereocenters. The van der Waals surface area contributed by atoms with E-state index in [0.29, 0.717) is 5.82 Å². The Morgan fingerprint density at radius 1 is 0.267 bits per heavy atom. The van der Waals surface area contributed by atoms with Crippen molar-refractivity contribution in [3.8, 4) is 67.3 Å². The first-order valence-corrected chi connectivity index (χ1v) is 21.9. The summed E-state index contributed by atoms with van der Waals surface area (Å²) in [6, 6.07) is 74.3. The third-order valence-electron chi connectivity index (χ3n) is 11.8. The van der Waals surface area contributed by atoms with Crippen LogP contribution in [0.5, 0.6) is 0 Å². The molecule has 0 aliphatic rings. The van der Waals surface area contributed by atoms with Crippen molar-refractivity contribution in [3.05, 3.63) is 206 Å². The molecule has 0 atom stereocenters. The zero-order valence-electron chi connectivity index (χ0n) is 32.3. The Hall–Kier alpha value is -7.24. The molecule has 0 saturated carbocycles. The minimum absolute atomic E-state index is 0.702. The summed E-state index contributed by atoms with van der Waals surface area (Å²) in [4.78, 5) is 11.1. The van der Waals surface area contributed by atoms with E-state index in [1.165, 1.54) is 67.8 Å².